The summed E-state index contributed by atoms with van der Waals surface area (Å²) in [5.41, 5.74) is 7.40. The Morgan fingerprint density at radius 1 is 0.963 bits per heavy atom. The largest absolute Gasteiger partial charge is 0.355 e. The Labute approximate surface area is 159 Å². The minimum absolute atomic E-state index is 0.0152. The maximum atomic E-state index is 13.3. The van der Waals surface area contributed by atoms with Gasteiger partial charge in [0.1, 0.15) is 11.6 Å². The highest BCUT2D eigenvalue weighted by atomic mass is 19.1. The van der Waals surface area contributed by atoms with Crippen molar-refractivity contribution in [2.24, 2.45) is 5.73 Å². The Kier molecular flexibility index (Phi) is 6.22. The second-order valence-corrected chi connectivity index (χ2v) is 7.42. The van der Waals surface area contributed by atoms with E-state index in [4.69, 9.17) is 5.73 Å². The zero-order valence-corrected chi connectivity index (χ0v) is 15.4. The van der Waals surface area contributed by atoms with Crippen LogP contribution in [0.1, 0.15) is 55.6 Å². The van der Waals surface area contributed by atoms with E-state index in [1.807, 2.05) is 0 Å². The van der Waals surface area contributed by atoms with E-state index < -0.39 is 5.54 Å². The number of amides is 1. The van der Waals surface area contributed by atoms with E-state index in [-0.39, 0.29) is 23.5 Å². The molecule has 2 aromatic rings. The first kappa shape index (κ1) is 19.5. The van der Waals surface area contributed by atoms with Crippen LogP contribution in [-0.2, 0) is 4.79 Å². The van der Waals surface area contributed by atoms with Crippen LogP contribution in [0.25, 0.3) is 0 Å². The summed E-state index contributed by atoms with van der Waals surface area (Å²) in [6, 6.07) is 12.8. The third-order valence-electron chi connectivity index (χ3n) is 5.45. The molecular formula is C22H26F2N2O. The molecule has 0 saturated heterocycles. The number of hydrogen-bond acceptors (Lipinski definition) is 2. The third kappa shape index (κ3) is 4.92. The fourth-order valence-corrected chi connectivity index (χ4v) is 3.83. The highest BCUT2D eigenvalue weighted by Crippen LogP contribution is 2.30. The molecule has 1 aliphatic carbocycles. The van der Waals surface area contributed by atoms with Crippen molar-refractivity contribution < 1.29 is 13.6 Å². The minimum Gasteiger partial charge on any atom is -0.355 e. The molecule has 1 fully saturated rings. The van der Waals surface area contributed by atoms with Gasteiger partial charge in [-0.1, -0.05) is 37.1 Å². The zero-order valence-electron chi connectivity index (χ0n) is 15.4. The summed E-state index contributed by atoms with van der Waals surface area (Å²) in [6.45, 7) is 0.538. The normalized spacial score (nSPS) is 15.9. The number of hydrogen-bond donors (Lipinski definition) is 2. The van der Waals surface area contributed by atoms with Gasteiger partial charge in [-0.25, -0.2) is 8.78 Å². The Hall–Kier alpha value is -2.27. The quantitative estimate of drug-likeness (QED) is 0.714. The summed E-state index contributed by atoms with van der Waals surface area (Å²) in [5.74, 6) is -0.621. The van der Waals surface area contributed by atoms with Crippen LogP contribution >= 0.6 is 0 Å². The van der Waals surface area contributed by atoms with Gasteiger partial charge in [-0.15, -0.1) is 0 Å². The average Bonchev–Trinajstić information content (AvgIpc) is 3.12. The molecule has 0 heterocycles. The van der Waals surface area contributed by atoms with Crippen LogP contribution in [0.5, 0.6) is 0 Å². The lowest BCUT2D eigenvalue weighted by molar-refractivity contribution is -0.126. The predicted molar refractivity (Wildman–Crippen MR) is 102 cm³/mol. The van der Waals surface area contributed by atoms with Gasteiger partial charge in [0.05, 0.1) is 5.54 Å². The molecule has 0 aromatic heterocycles. The smallest absolute Gasteiger partial charge is 0.240 e. The lowest BCUT2D eigenvalue weighted by atomic mass is 9.87. The lowest BCUT2D eigenvalue weighted by Crippen LogP contribution is -2.52. The molecule has 2 aromatic carbocycles. The SMILES string of the molecule is NC1(C(=O)NCCCC(c2ccc(F)cc2)c2ccc(F)cc2)CCCC1. The summed E-state index contributed by atoms with van der Waals surface area (Å²) in [7, 11) is 0. The van der Waals surface area contributed by atoms with Crippen LogP contribution < -0.4 is 11.1 Å². The summed E-state index contributed by atoms with van der Waals surface area (Å²) < 4.78 is 26.6. The molecule has 0 bridgehead atoms. The van der Waals surface area contributed by atoms with E-state index in [0.717, 1.165) is 49.7 Å². The predicted octanol–water partition coefficient (Wildman–Crippen LogP) is 4.26. The molecular weight excluding hydrogens is 346 g/mol. The Morgan fingerprint density at radius 3 is 1.93 bits per heavy atom. The molecule has 3 nitrogen and oxygen atoms in total. The number of rotatable bonds is 7. The monoisotopic (exact) mass is 372 g/mol. The highest BCUT2D eigenvalue weighted by molar-refractivity contribution is 5.86. The van der Waals surface area contributed by atoms with E-state index in [2.05, 4.69) is 5.32 Å². The first-order valence-corrected chi connectivity index (χ1v) is 9.56. The van der Waals surface area contributed by atoms with Crippen LogP contribution in [0.2, 0.25) is 0 Å². The molecule has 5 heteroatoms. The van der Waals surface area contributed by atoms with Gasteiger partial charge in [-0.2, -0.15) is 0 Å². The van der Waals surface area contributed by atoms with E-state index in [9.17, 15) is 13.6 Å². The Morgan fingerprint density at radius 2 is 1.44 bits per heavy atom. The van der Waals surface area contributed by atoms with Crippen molar-refractivity contribution in [3.63, 3.8) is 0 Å². The molecule has 0 spiro atoms. The van der Waals surface area contributed by atoms with Gasteiger partial charge in [0, 0.05) is 12.5 Å². The average molecular weight is 372 g/mol. The molecule has 3 N–H and O–H groups in total. The van der Waals surface area contributed by atoms with Crippen molar-refractivity contribution in [2.45, 2.75) is 50.0 Å². The van der Waals surface area contributed by atoms with Crippen LogP contribution in [0.4, 0.5) is 8.78 Å². The standard InChI is InChI=1S/C22H26F2N2O/c23-18-9-5-16(6-10-18)20(17-7-11-19(24)12-8-17)4-3-15-26-21(27)22(25)13-1-2-14-22/h5-12,20H,1-4,13-15,25H2,(H,26,27). The number of nitrogens with one attached hydrogen (secondary N) is 1. The van der Waals surface area contributed by atoms with Gasteiger partial charge in [-0.3, -0.25) is 4.79 Å². The summed E-state index contributed by atoms with van der Waals surface area (Å²) >= 11 is 0. The summed E-state index contributed by atoms with van der Waals surface area (Å²) in [4.78, 5) is 12.3. The molecule has 0 atom stereocenters. The van der Waals surface area contributed by atoms with Gasteiger partial charge in [0.25, 0.3) is 0 Å². The van der Waals surface area contributed by atoms with E-state index in [1.165, 1.54) is 24.3 Å². The van der Waals surface area contributed by atoms with Gasteiger partial charge in [0.2, 0.25) is 5.91 Å². The number of benzene rings is 2. The van der Waals surface area contributed by atoms with Crippen LogP contribution in [0.3, 0.4) is 0 Å². The highest BCUT2D eigenvalue weighted by Gasteiger charge is 2.36. The number of nitrogens with two attached hydrogens (primary N) is 1. The van der Waals surface area contributed by atoms with Crippen LogP contribution in [0, 0.1) is 11.6 Å². The summed E-state index contributed by atoms with van der Waals surface area (Å²) in [5, 5.41) is 2.96. The maximum Gasteiger partial charge on any atom is 0.240 e. The first-order chi connectivity index (χ1) is 13.0. The van der Waals surface area contributed by atoms with Gasteiger partial charge >= 0.3 is 0 Å². The molecule has 27 heavy (non-hydrogen) atoms. The molecule has 3 rings (SSSR count). The minimum atomic E-state index is -0.715. The molecule has 0 radical (unpaired) electrons. The zero-order chi connectivity index (χ0) is 19.3. The molecule has 1 amide bonds. The Balaban J connectivity index is 1.62. The van der Waals surface area contributed by atoms with Crippen molar-refractivity contribution in [2.75, 3.05) is 6.54 Å². The van der Waals surface area contributed by atoms with Crippen molar-refractivity contribution in [1.29, 1.82) is 0 Å². The van der Waals surface area contributed by atoms with Gasteiger partial charge in [0.15, 0.2) is 0 Å². The van der Waals surface area contributed by atoms with Crippen molar-refractivity contribution in [3.05, 3.63) is 71.3 Å². The topological polar surface area (TPSA) is 55.1 Å². The molecule has 1 aliphatic rings. The lowest BCUT2D eigenvalue weighted by Gasteiger charge is -2.23. The van der Waals surface area contributed by atoms with Crippen LogP contribution in [0.15, 0.2) is 48.5 Å². The van der Waals surface area contributed by atoms with E-state index >= 15 is 0 Å². The fourth-order valence-electron chi connectivity index (χ4n) is 3.83. The van der Waals surface area contributed by atoms with Crippen molar-refractivity contribution >= 4 is 5.91 Å². The first-order valence-electron chi connectivity index (χ1n) is 9.56. The van der Waals surface area contributed by atoms with E-state index in [0.29, 0.717) is 6.54 Å². The van der Waals surface area contributed by atoms with Crippen molar-refractivity contribution in [3.8, 4) is 0 Å². The van der Waals surface area contributed by atoms with Gasteiger partial charge in [-0.05, 0) is 61.1 Å². The maximum absolute atomic E-state index is 13.3. The Bertz CT molecular complexity index is 707. The van der Waals surface area contributed by atoms with E-state index in [1.54, 1.807) is 24.3 Å². The number of carbonyl (C=O) groups excluding carboxylic acids is 1. The van der Waals surface area contributed by atoms with Gasteiger partial charge < -0.3 is 11.1 Å². The third-order valence-corrected chi connectivity index (χ3v) is 5.45. The van der Waals surface area contributed by atoms with Crippen LogP contribution in [-0.4, -0.2) is 18.0 Å². The summed E-state index contributed by atoms with van der Waals surface area (Å²) in [6.07, 6.45) is 5.00. The number of carbonyl (C=O) groups is 1. The molecule has 144 valence electrons. The molecule has 0 aliphatic heterocycles. The fraction of sp³-hybridized carbons (Fsp3) is 0.409. The van der Waals surface area contributed by atoms with Crippen molar-refractivity contribution in [1.82, 2.24) is 5.32 Å². The second kappa shape index (κ2) is 8.61. The second-order valence-electron chi connectivity index (χ2n) is 7.42. The molecule has 0 unspecified atom stereocenters. The number of halogens is 2. The molecule has 1 saturated carbocycles.